The first-order valence-electron chi connectivity index (χ1n) is 6.46. The Bertz CT molecular complexity index is 627. The largest absolute Gasteiger partial charge is 0.497 e. The van der Waals surface area contributed by atoms with Crippen LogP contribution < -0.4 is 10.1 Å². The number of rotatable bonds is 5. The second kappa shape index (κ2) is 6.83. The number of nitrogens with one attached hydrogen (secondary N) is 1. The van der Waals surface area contributed by atoms with Crippen LogP contribution in [0.4, 0.5) is 8.78 Å². The molecule has 2 aromatic carbocycles. The van der Waals surface area contributed by atoms with Crippen molar-refractivity contribution < 1.29 is 18.3 Å². The fourth-order valence-corrected chi connectivity index (χ4v) is 1.88. The van der Waals surface area contributed by atoms with Gasteiger partial charge < -0.3 is 10.1 Å². The zero-order valence-electron chi connectivity index (χ0n) is 11.5. The highest BCUT2D eigenvalue weighted by atomic mass is 19.1. The highest BCUT2D eigenvalue weighted by Gasteiger charge is 2.12. The molecule has 2 aromatic rings. The lowest BCUT2D eigenvalue weighted by molar-refractivity contribution is 0.0949. The normalized spacial score (nSPS) is 10.2. The molecule has 0 bridgehead atoms. The van der Waals surface area contributed by atoms with Crippen LogP contribution in [0.5, 0.6) is 5.75 Å². The Balaban J connectivity index is 1.90. The van der Waals surface area contributed by atoms with Crippen molar-refractivity contribution >= 4 is 5.91 Å². The van der Waals surface area contributed by atoms with Crippen LogP contribution in [0, 0.1) is 11.6 Å². The second-order valence-electron chi connectivity index (χ2n) is 4.48. The number of methoxy groups -OCH3 is 1. The molecule has 0 saturated heterocycles. The van der Waals surface area contributed by atoms with Gasteiger partial charge in [-0.25, -0.2) is 8.78 Å². The maximum absolute atomic E-state index is 13.4. The first kappa shape index (κ1) is 15.0. The summed E-state index contributed by atoms with van der Waals surface area (Å²) in [5.74, 6) is -1.25. The van der Waals surface area contributed by atoms with E-state index < -0.39 is 17.5 Å². The maximum atomic E-state index is 13.4. The van der Waals surface area contributed by atoms with Crippen molar-refractivity contribution in [2.45, 2.75) is 6.42 Å². The lowest BCUT2D eigenvalue weighted by Crippen LogP contribution is -2.26. The number of amides is 1. The van der Waals surface area contributed by atoms with Crippen LogP contribution in [-0.2, 0) is 6.42 Å². The van der Waals surface area contributed by atoms with Gasteiger partial charge >= 0.3 is 0 Å². The van der Waals surface area contributed by atoms with E-state index in [4.69, 9.17) is 4.74 Å². The Morgan fingerprint density at radius 3 is 2.52 bits per heavy atom. The van der Waals surface area contributed by atoms with Crippen LogP contribution in [0.1, 0.15) is 15.9 Å². The van der Waals surface area contributed by atoms with Gasteiger partial charge in [-0.3, -0.25) is 4.79 Å². The molecule has 0 atom stereocenters. The van der Waals surface area contributed by atoms with E-state index in [0.29, 0.717) is 13.0 Å². The van der Waals surface area contributed by atoms with Crippen molar-refractivity contribution in [2.24, 2.45) is 0 Å². The van der Waals surface area contributed by atoms with Crippen LogP contribution in [0.15, 0.2) is 42.5 Å². The fourth-order valence-electron chi connectivity index (χ4n) is 1.88. The lowest BCUT2D eigenvalue weighted by atomic mass is 10.1. The number of hydrogen-bond acceptors (Lipinski definition) is 2. The van der Waals surface area contributed by atoms with E-state index in [0.717, 1.165) is 29.5 Å². The van der Waals surface area contributed by atoms with Crippen LogP contribution >= 0.6 is 0 Å². The first-order chi connectivity index (χ1) is 10.1. The molecule has 0 heterocycles. The summed E-state index contributed by atoms with van der Waals surface area (Å²) in [5, 5.41) is 2.57. The summed E-state index contributed by atoms with van der Waals surface area (Å²) in [7, 11) is 1.59. The van der Waals surface area contributed by atoms with Gasteiger partial charge in [0, 0.05) is 6.54 Å². The SMILES string of the molecule is COc1ccc(CCNC(=O)c2cc(F)ccc2F)cc1. The van der Waals surface area contributed by atoms with Crippen molar-refractivity contribution in [3.63, 3.8) is 0 Å². The summed E-state index contributed by atoms with van der Waals surface area (Å²) < 4.78 is 31.5. The van der Waals surface area contributed by atoms with Crippen molar-refractivity contribution in [3.8, 4) is 5.75 Å². The van der Waals surface area contributed by atoms with Crippen LogP contribution in [-0.4, -0.2) is 19.6 Å². The van der Waals surface area contributed by atoms with E-state index in [1.54, 1.807) is 7.11 Å². The van der Waals surface area contributed by atoms with Gasteiger partial charge in [0.05, 0.1) is 12.7 Å². The van der Waals surface area contributed by atoms with Crippen molar-refractivity contribution in [1.82, 2.24) is 5.32 Å². The van der Waals surface area contributed by atoms with E-state index in [9.17, 15) is 13.6 Å². The van der Waals surface area contributed by atoms with Gasteiger partial charge in [-0.1, -0.05) is 12.1 Å². The number of halogens is 2. The molecule has 110 valence electrons. The topological polar surface area (TPSA) is 38.3 Å². The number of hydrogen-bond donors (Lipinski definition) is 1. The average Bonchev–Trinajstić information content (AvgIpc) is 2.50. The summed E-state index contributed by atoms with van der Waals surface area (Å²) in [5.41, 5.74) is 0.723. The molecule has 1 N–H and O–H groups in total. The smallest absolute Gasteiger partial charge is 0.254 e. The standard InChI is InChI=1S/C16H15F2NO2/c1-21-13-5-2-11(3-6-13)8-9-19-16(20)14-10-12(17)4-7-15(14)18/h2-7,10H,8-9H2,1H3,(H,19,20). The molecule has 0 aliphatic carbocycles. The van der Waals surface area contributed by atoms with Gasteiger partial charge in [0.25, 0.3) is 5.91 Å². The summed E-state index contributed by atoms with van der Waals surface area (Å²) in [6.45, 7) is 0.334. The molecular formula is C16H15F2NO2. The molecule has 0 spiro atoms. The number of carbonyl (C=O) groups excluding carboxylic acids is 1. The molecule has 1 amide bonds. The minimum atomic E-state index is -0.738. The predicted octanol–water partition coefficient (Wildman–Crippen LogP) is 2.95. The molecule has 0 aliphatic heterocycles. The van der Waals surface area contributed by atoms with E-state index >= 15 is 0 Å². The van der Waals surface area contributed by atoms with Crippen LogP contribution in [0.3, 0.4) is 0 Å². The van der Waals surface area contributed by atoms with Gasteiger partial charge in [-0.2, -0.15) is 0 Å². The summed E-state index contributed by atoms with van der Waals surface area (Å²) >= 11 is 0. The van der Waals surface area contributed by atoms with Gasteiger partial charge in [0.2, 0.25) is 0 Å². The lowest BCUT2D eigenvalue weighted by Gasteiger charge is -2.07. The molecule has 5 heteroatoms. The molecule has 0 saturated carbocycles. The molecule has 2 rings (SSSR count). The molecule has 0 unspecified atom stereocenters. The minimum Gasteiger partial charge on any atom is -0.497 e. The van der Waals surface area contributed by atoms with Crippen LogP contribution in [0.2, 0.25) is 0 Å². The molecule has 0 fully saturated rings. The molecule has 0 aromatic heterocycles. The Morgan fingerprint density at radius 2 is 1.86 bits per heavy atom. The second-order valence-corrected chi connectivity index (χ2v) is 4.48. The van der Waals surface area contributed by atoms with E-state index in [2.05, 4.69) is 5.32 Å². The highest BCUT2D eigenvalue weighted by Crippen LogP contribution is 2.12. The van der Waals surface area contributed by atoms with Crippen molar-refractivity contribution in [2.75, 3.05) is 13.7 Å². The van der Waals surface area contributed by atoms with Crippen LogP contribution in [0.25, 0.3) is 0 Å². The summed E-state index contributed by atoms with van der Waals surface area (Å²) in [6, 6.07) is 10.2. The third-order valence-corrected chi connectivity index (χ3v) is 3.03. The highest BCUT2D eigenvalue weighted by molar-refractivity contribution is 5.94. The number of benzene rings is 2. The maximum Gasteiger partial charge on any atom is 0.254 e. The zero-order chi connectivity index (χ0) is 15.2. The monoisotopic (exact) mass is 291 g/mol. The predicted molar refractivity (Wildman–Crippen MR) is 75.4 cm³/mol. The Morgan fingerprint density at radius 1 is 1.14 bits per heavy atom. The molecule has 0 radical (unpaired) electrons. The van der Waals surface area contributed by atoms with E-state index in [1.165, 1.54) is 0 Å². The van der Waals surface area contributed by atoms with Gasteiger partial charge in [-0.15, -0.1) is 0 Å². The minimum absolute atomic E-state index is 0.287. The number of carbonyl (C=O) groups is 1. The van der Waals surface area contributed by atoms with Gasteiger partial charge in [0.15, 0.2) is 0 Å². The third-order valence-electron chi connectivity index (χ3n) is 3.03. The Hall–Kier alpha value is -2.43. The van der Waals surface area contributed by atoms with E-state index in [-0.39, 0.29) is 5.56 Å². The Labute approximate surface area is 121 Å². The first-order valence-corrected chi connectivity index (χ1v) is 6.46. The quantitative estimate of drug-likeness (QED) is 0.920. The Kier molecular flexibility index (Phi) is 4.87. The van der Waals surface area contributed by atoms with E-state index in [1.807, 2.05) is 24.3 Å². The number of ether oxygens (including phenoxy) is 1. The summed E-state index contributed by atoms with van der Waals surface area (Å²) in [6.07, 6.45) is 0.590. The third kappa shape index (κ3) is 4.02. The molecule has 3 nitrogen and oxygen atoms in total. The molecule has 21 heavy (non-hydrogen) atoms. The zero-order valence-corrected chi connectivity index (χ0v) is 11.5. The van der Waals surface area contributed by atoms with Gasteiger partial charge in [0.1, 0.15) is 17.4 Å². The molecular weight excluding hydrogens is 276 g/mol. The van der Waals surface area contributed by atoms with Crippen molar-refractivity contribution in [1.29, 1.82) is 0 Å². The molecule has 0 aliphatic rings. The van der Waals surface area contributed by atoms with Gasteiger partial charge in [-0.05, 0) is 42.3 Å². The fraction of sp³-hybridized carbons (Fsp3) is 0.188. The van der Waals surface area contributed by atoms with Crippen molar-refractivity contribution in [3.05, 3.63) is 65.2 Å². The summed E-state index contributed by atoms with van der Waals surface area (Å²) in [4.78, 5) is 11.8. The average molecular weight is 291 g/mol.